The summed E-state index contributed by atoms with van der Waals surface area (Å²) in [5.41, 5.74) is 0.836. The zero-order valence-corrected chi connectivity index (χ0v) is 34.9. The molecule has 0 bridgehead atoms. The second-order valence-electron chi connectivity index (χ2n) is 11.7. The van der Waals surface area contributed by atoms with E-state index in [-0.39, 0.29) is 84.8 Å². The minimum Gasteiger partial charge on any atom is -0.871 e. The molecule has 0 aliphatic carbocycles. The molecule has 1 heterocycles. The molecule has 16 nitrogen and oxygen atoms in total. The maximum Gasteiger partial charge on any atom is 3.00 e. The van der Waals surface area contributed by atoms with E-state index in [1.54, 1.807) is 55.5 Å². The minimum absolute atomic E-state index is 0. The van der Waals surface area contributed by atoms with Crippen LogP contribution in [0.1, 0.15) is 12.6 Å². The molecule has 0 atom stereocenters. The molecular weight excluding hydrogens is 820 g/mol. The van der Waals surface area contributed by atoms with E-state index in [0.29, 0.717) is 27.8 Å². The van der Waals surface area contributed by atoms with Crippen molar-refractivity contribution < 1.29 is 88.4 Å². The Labute approximate surface area is 354 Å². The fourth-order valence-electron chi connectivity index (χ4n) is 4.91. The largest absolute Gasteiger partial charge is 3.00 e. The molecule has 6 aromatic rings. The molecule has 1 amide bonds. The van der Waals surface area contributed by atoms with E-state index in [1.807, 2.05) is 6.07 Å². The summed E-state index contributed by atoms with van der Waals surface area (Å²) in [5, 5.41) is 71.9. The van der Waals surface area contributed by atoms with E-state index in [4.69, 9.17) is 0 Å². The van der Waals surface area contributed by atoms with Gasteiger partial charge in [0, 0.05) is 30.7 Å². The first-order valence-electron chi connectivity index (χ1n) is 15.6. The number of rotatable bonds is 8. The molecule has 0 spiro atoms. The minimum atomic E-state index is -3.54. The second-order valence-corrected chi connectivity index (χ2v) is 15.7. The molecule has 20 heteroatoms. The third-order valence-electron chi connectivity index (χ3n) is 7.51. The number of nitrogens with zero attached hydrogens (tertiary/aromatic N) is 6. The van der Waals surface area contributed by atoms with Crippen LogP contribution in [0.2, 0.25) is 0 Å². The Kier molecular flexibility index (Phi) is 15.1. The van der Waals surface area contributed by atoms with E-state index < -0.39 is 42.8 Å². The van der Waals surface area contributed by atoms with Gasteiger partial charge in [-0.05, 0) is 54.8 Å². The van der Waals surface area contributed by atoms with Gasteiger partial charge in [-0.2, -0.15) is 20.4 Å². The number of benzene rings is 5. The van der Waals surface area contributed by atoms with Gasteiger partial charge < -0.3 is 25.7 Å². The topological polar surface area (TPSA) is 257 Å². The number of fused-ring (bicyclic) bond motifs is 1. The van der Waals surface area contributed by atoms with E-state index in [2.05, 4.69) is 30.9 Å². The van der Waals surface area contributed by atoms with Crippen molar-refractivity contribution in [1.82, 2.24) is 9.78 Å². The number of nitrogens with one attached hydrogen (secondary N) is 1. The fraction of sp³-hybridized carbons (Fsp3) is 0.111. The number of para-hydroxylation sites is 1. The smallest absolute Gasteiger partial charge is 0.871 e. The molecule has 0 aliphatic heterocycles. The molecule has 6 rings (SSSR count). The average Bonchev–Trinajstić information content (AvgIpc) is 3.39. The number of hydrogen-bond donors (Lipinski definition) is 1. The molecule has 0 aliphatic rings. The monoisotopic (exact) mass is 849 g/mol. The quantitative estimate of drug-likeness (QED) is 0.172. The predicted octanol–water partition coefficient (Wildman–Crippen LogP) is 1.91. The number of carbonyl (C=O) groups is 1. The number of carbonyl (C=O) groups excluding carboxylic acids is 1. The van der Waals surface area contributed by atoms with Crippen LogP contribution in [0.5, 0.6) is 23.1 Å². The molecule has 0 fully saturated rings. The molecule has 1 N–H and O–H groups in total. The second kappa shape index (κ2) is 18.7. The number of sulfone groups is 2. The summed E-state index contributed by atoms with van der Waals surface area (Å²) >= 11 is 0. The van der Waals surface area contributed by atoms with Crippen molar-refractivity contribution in [2.24, 2.45) is 20.5 Å². The van der Waals surface area contributed by atoms with Crippen molar-refractivity contribution in [3.63, 3.8) is 0 Å². The van der Waals surface area contributed by atoms with Gasteiger partial charge in [0.25, 0.3) is 0 Å². The van der Waals surface area contributed by atoms with Gasteiger partial charge in [-0.25, -0.2) is 21.5 Å². The summed E-state index contributed by atoms with van der Waals surface area (Å²) in [4.78, 5) is 11.3. The Morgan fingerprint density at radius 3 is 1.71 bits per heavy atom. The number of hydrogen-bond acceptors (Lipinski definition) is 14. The summed E-state index contributed by atoms with van der Waals surface area (Å²) in [7, 11) is -7.03. The fourth-order valence-corrected chi connectivity index (χ4v) is 6.19. The van der Waals surface area contributed by atoms with Crippen LogP contribution in [0.3, 0.4) is 0 Å². The maximum atomic E-state index is 12.5. The summed E-state index contributed by atoms with van der Waals surface area (Å²) in [6, 6.07) is 23.6. The first-order chi connectivity index (χ1) is 25.4. The molecule has 0 unspecified atom stereocenters. The molecule has 0 saturated carbocycles. The third-order valence-corrected chi connectivity index (χ3v) is 9.73. The Balaban J connectivity index is 0.000000291. The first kappa shape index (κ1) is 45.2. The summed E-state index contributed by atoms with van der Waals surface area (Å²) in [5.74, 6) is -2.30. The zero-order chi connectivity index (χ0) is 39.4. The van der Waals surface area contributed by atoms with Gasteiger partial charge in [-0.3, -0.25) is 4.79 Å². The Bertz CT molecular complexity index is 2690. The van der Waals surface area contributed by atoms with E-state index in [0.717, 1.165) is 36.8 Å². The Hall–Kier alpha value is -5.15. The van der Waals surface area contributed by atoms with Gasteiger partial charge in [-0.15, -0.1) is 5.11 Å². The summed E-state index contributed by atoms with van der Waals surface area (Å²) in [6.07, 6.45) is 2.03. The average molecular weight is 850 g/mol. The normalized spacial score (nSPS) is 11.4. The van der Waals surface area contributed by atoms with E-state index >= 15 is 0 Å². The van der Waals surface area contributed by atoms with E-state index in [1.165, 1.54) is 29.8 Å². The van der Waals surface area contributed by atoms with Crippen LogP contribution in [-0.4, -0.2) is 45.0 Å². The van der Waals surface area contributed by atoms with Crippen LogP contribution in [-0.2, 0) is 41.2 Å². The van der Waals surface area contributed by atoms with Crippen LogP contribution in [0.4, 0.5) is 28.4 Å². The molecule has 56 heavy (non-hydrogen) atoms. The SMILES string of the molecule is CC(=O)Nc1cccc2ccc([O-])c(N=Nc3cc(S(C)(=O)=O)ccc3[O-])c12.Cc1nn(-c2ccccc2)c([O-])c1N=Nc1cc(S(C)(=O)=O)ccc1[O-].[Co+3].[Na+]. The van der Waals surface area contributed by atoms with Crippen molar-refractivity contribution in [1.29, 1.82) is 0 Å². The van der Waals surface area contributed by atoms with Gasteiger partial charge in [-0.1, -0.05) is 71.8 Å². The number of aromatic nitrogens is 2. The van der Waals surface area contributed by atoms with Gasteiger partial charge in [0.05, 0.1) is 43.9 Å². The molecule has 0 radical (unpaired) electrons. The van der Waals surface area contributed by atoms with E-state index in [9.17, 15) is 42.1 Å². The number of aryl methyl sites for hydroxylation is 1. The standard InChI is InChI=1S/C19H17N3O5S.C17H16N4O4S.Co.Na/c1-11(23)20-14-5-3-4-12-6-8-17(25)19(18(12)14)22-21-15-10-13(28(2,26)27)7-9-16(15)24;1-11-16(17(23)21(20-11)12-6-4-3-5-7-12)19-18-14-10-13(26(2,24)25)8-9-15(14)22;;/h3-10,24-25H,1-2H3,(H,20,23);3-10,22-23H,1-2H3;;/q;;+3;+1/p-4. The van der Waals surface area contributed by atoms with Gasteiger partial charge in [0.15, 0.2) is 19.7 Å². The molecule has 5 aromatic carbocycles. The van der Waals surface area contributed by atoms with Crippen molar-refractivity contribution in [2.45, 2.75) is 23.6 Å². The predicted molar refractivity (Wildman–Crippen MR) is 192 cm³/mol. The van der Waals surface area contributed by atoms with Gasteiger partial charge in [0.2, 0.25) is 5.91 Å². The summed E-state index contributed by atoms with van der Waals surface area (Å²) < 4.78 is 47.8. The molecular formula is C36H29CoN7NaO9S2. The van der Waals surface area contributed by atoms with Crippen molar-refractivity contribution in [3.8, 4) is 28.8 Å². The van der Waals surface area contributed by atoms with Crippen molar-refractivity contribution in [3.05, 3.63) is 103 Å². The van der Waals surface area contributed by atoms with Crippen LogP contribution < -0.4 is 55.3 Å². The Morgan fingerprint density at radius 2 is 1.20 bits per heavy atom. The molecule has 284 valence electrons. The number of anilines is 1. The Morgan fingerprint density at radius 1 is 0.679 bits per heavy atom. The van der Waals surface area contributed by atoms with Crippen LogP contribution in [0.25, 0.3) is 16.5 Å². The maximum absolute atomic E-state index is 12.5. The number of amides is 1. The number of azo groups is 2. The van der Waals surface area contributed by atoms with Crippen LogP contribution in [0, 0.1) is 6.92 Å². The third kappa shape index (κ3) is 10.8. The van der Waals surface area contributed by atoms with Gasteiger partial charge in [0.1, 0.15) is 5.69 Å². The first-order valence-corrected chi connectivity index (χ1v) is 19.4. The van der Waals surface area contributed by atoms with Crippen LogP contribution >= 0.6 is 0 Å². The zero-order valence-electron chi connectivity index (χ0n) is 30.2. The molecule has 1 aromatic heterocycles. The van der Waals surface area contributed by atoms with Crippen LogP contribution in [0.15, 0.2) is 127 Å². The van der Waals surface area contributed by atoms with Gasteiger partial charge >= 0.3 is 46.3 Å². The van der Waals surface area contributed by atoms with Crippen molar-refractivity contribution >= 4 is 64.8 Å². The summed E-state index contributed by atoms with van der Waals surface area (Å²) in [6.45, 7) is 2.93. The van der Waals surface area contributed by atoms with Crippen molar-refractivity contribution in [2.75, 3.05) is 17.8 Å². The molecule has 0 saturated heterocycles.